The van der Waals surface area contributed by atoms with E-state index in [1.807, 2.05) is 24.3 Å². The van der Waals surface area contributed by atoms with Crippen molar-refractivity contribution >= 4 is 11.7 Å². The van der Waals surface area contributed by atoms with E-state index in [2.05, 4.69) is 0 Å². The molecule has 4 nitrogen and oxygen atoms in total. The van der Waals surface area contributed by atoms with Gasteiger partial charge in [0.2, 0.25) is 0 Å². The highest BCUT2D eigenvalue weighted by molar-refractivity contribution is 5.69. The van der Waals surface area contributed by atoms with Crippen LogP contribution in [0.2, 0.25) is 0 Å². The molecule has 1 aliphatic carbocycles. The molecular weight excluding hydrogens is 376 g/mol. The summed E-state index contributed by atoms with van der Waals surface area (Å²) in [6.45, 7) is 1.59. The first kappa shape index (κ1) is 19.7. The zero-order chi connectivity index (χ0) is 20.4. The Labute approximate surface area is 169 Å². The zero-order valence-electron chi connectivity index (χ0n) is 16.2. The molecule has 6 heteroatoms. The van der Waals surface area contributed by atoms with Crippen LogP contribution in [0.3, 0.4) is 0 Å². The van der Waals surface area contributed by atoms with Crippen molar-refractivity contribution in [2.45, 2.75) is 32.1 Å². The van der Waals surface area contributed by atoms with E-state index >= 15 is 0 Å². The van der Waals surface area contributed by atoms with E-state index < -0.39 is 17.6 Å². The second-order valence-corrected chi connectivity index (χ2v) is 8.10. The molecule has 4 rings (SSSR count). The summed E-state index contributed by atoms with van der Waals surface area (Å²) < 4.78 is 35.5. The molecule has 1 saturated heterocycles. The van der Waals surface area contributed by atoms with Crippen molar-refractivity contribution in [1.82, 2.24) is 0 Å². The summed E-state index contributed by atoms with van der Waals surface area (Å²) in [6, 6.07) is 10.0. The molecular formula is C23H25F2NO3. The summed E-state index contributed by atoms with van der Waals surface area (Å²) >= 11 is 0. The van der Waals surface area contributed by atoms with Gasteiger partial charge in [0.15, 0.2) is 0 Å². The zero-order valence-corrected chi connectivity index (χ0v) is 16.2. The molecule has 1 heterocycles. The van der Waals surface area contributed by atoms with Gasteiger partial charge in [-0.2, -0.15) is 0 Å². The Morgan fingerprint density at radius 1 is 1.00 bits per heavy atom. The van der Waals surface area contributed by atoms with Crippen LogP contribution in [0, 0.1) is 23.5 Å². The van der Waals surface area contributed by atoms with Gasteiger partial charge in [0, 0.05) is 19.5 Å². The van der Waals surface area contributed by atoms with Crippen molar-refractivity contribution < 1.29 is 23.4 Å². The van der Waals surface area contributed by atoms with E-state index in [0.717, 1.165) is 0 Å². The van der Waals surface area contributed by atoms with Crippen LogP contribution in [0.1, 0.15) is 32.1 Å². The summed E-state index contributed by atoms with van der Waals surface area (Å²) in [4.78, 5) is 12.5. The lowest BCUT2D eigenvalue weighted by Crippen LogP contribution is -2.35. The van der Waals surface area contributed by atoms with E-state index in [1.54, 1.807) is 4.90 Å². The Hall–Kier alpha value is -2.63. The van der Waals surface area contributed by atoms with E-state index in [-0.39, 0.29) is 18.0 Å². The highest BCUT2D eigenvalue weighted by atomic mass is 19.1. The molecule has 1 aliphatic heterocycles. The minimum atomic E-state index is -0.825. The summed E-state index contributed by atoms with van der Waals surface area (Å²) in [5.41, 5.74) is 1.16. The third-order valence-corrected chi connectivity index (χ3v) is 5.76. The number of aliphatic carboxylic acids is 1. The standard InChI is InChI=1S/C23H25F2NO3/c24-20-12-18(17-2-1-3-19(11-17)29-14-16-4-5-16)13-21(25)23(20)26-8-6-15(7-9-26)10-22(27)28/h1-3,11-13,15-16H,4-10,14H2,(H,27,28). The van der Waals surface area contributed by atoms with Gasteiger partial charge in [0.25, 0.3) is 0 Å². The highest BCUT2D eigenvalue weighted by Crippen LogP contribution is 2.34. The van der Waals surface area contributed by atoms with Crippen LogP contribution >= 0.6 is 0 Å². The number of anilines is 1. The van der Waals surface area contributed by atoms with Crippen LogP contribution in [-0.2, 0) is 4.79 Å². The number of hydrogen-bond donors (Lipinski definition) is 1. The van der Waals surface area contributed by atoms with Gasteiger partial charge >= 0.3 is 5.97 Å². The normalized spacial score (nSPS) is 17.4. The number of benzene rings is 2. The van der Waals surface area contributed by atoms with Gasteiger partial charge in [-0.3, -0.25) is 4.79 Å². The highest BCUT2D eigenvalue weighted by Gasteiger charge is 2.26. The molecule has 0 spiro atoms. The first-order chi connectivity index (χ1) is 14.0. The fourth-order valence-electron chi connectivity index (χ4n) is 3.91. The summed E-state index contributed by atoms with van der Waals surface area (Å²) in [5.74, 6) is -0.615. The molecule has 0 radical (unpaired) electrons. The summed E-state index contributed by atoms with van der Waals surface area (Å²) in [6.07, 6.45) is 3.74. The Bertz CT molecular complexity index is 866. The number of halogens is 2. The van der Waals surface area contributed by atoms with Gasteiger partial charge in [0.05, 0.1) is 6.61 Å². The average Bonchev–Trinajstić information content (AvgIpc) is 3.51. The summed E-state index contributed by atoms with van der Waals surface area (Å²) in [5, 5.41) is 8.92. The number of hydrogen-bond acceptors (Lipinski definition) is 3. The largest absolute Gasteiger partial charge is 0.493 e. The molecule has 2 aliphatic rings. The molecule has 0 atom stereocenters. The molecule has 0 aromatic heterocycles. The van der Waals surface area contributed by atoms with Crippen LogP contribution in [0.25, 0.3) is 11.1 Å². The van der Waals surface area contributed by atoms with Gasteiger partial charge in [-0.15, -0.1) is 0 Å². The van der Waals surface area contributed by atoms with Gasteiger partial charge in [-0.05, 0) is 72.9 Å². The lowest BCUT2D eigenvalue weighted by molar-refractivity contribution is -0.138. The van der Waals surface area contributed by atoms with E-state index in [9.17, 15) is 13.6 Å². The van der Waals surface area contributed by atoms with Crippen LogP contribution < -0.4 is 9.64 Å². The first-order valence-electron chi connectivity index (χ1n) is 10.2. The number of ether oxygens (including phenoxy) is 1. The van der Waals surface area contributed by atoms with Crippen LogP contribution in [0.15, 0.2) is 36.4 Å². The molecule has 2 aromatic rings. The number of carbonyl (C=O) groups is 1. The maximum atomic E-state index is 14.8. The molecule has 29 heavy (non-hydrogen) atoms. The van der Waals surface area contributed by atoms with Crippen molar-refractivity contribution in [1.29, 1.82) is 0 Å². The third-order valence-electron chi connectivity index (χ3n) is 5.76. The lowest BCUT2D eigenvalue weighted by atomic mass is 9.93. The lowest BCUT2D eigenvalue weighted by Gasteiger charge is -2.33. The molecule has 1 N–H and O–H groups in total. The maximum Gasteiger partial charge on any atom is 0.303 e. The monoisotopic (exact) mass is 401 g/mol. The predicted molar refractivity (Wildman–Crippen MR) is 107 cm³/mol. The Balaban J connectivity index is 1.49. The van der Waals surface area contributed by atoms with Crippen molar-refractivity contribution in [3.63, 3.8) is 0 Å². The minimum absolute atomic E-state index is 0.0244. The molecule has 0 unspecified atom stereocenters. The Morgan fingerprint density at radius 3 is 2.31 bits per heavy atom. The molecule has 2 aromatic carbocycles. The van der Waals surface area contributed by atoms with Gasteiger partial charge in [-0.1, -0.05) is 12.1 Å². The van der Waals surface area contributed by atoms with Crippen molar-refractivity contribution in [2.24, 2.45) is 11.8 Å². The first-order valence-corrected chi connectivity index (χ1v) is 10.2. The van der Waals surface area contributed by atoms with Crippen LogP contribution in [0.5, 0.6) is 5.75 Å². The second-order valence-electron chi connectivity index (χ2n) is 8.10. The summed E-state index contributed by atoms with van der Waals surface area (Å²) in [7, 11) is 0. The Kier molecular flexibility index (Phi) is 5.69. The van der Waals surface area contributed by atoms with Crippen molar-refractivity contribution in [3.8, 4) is 16.9 Å². The number of piperidine rings is 1. The number of carboxylic acids is 1. The van der Waals surface area contributed by atoms with Gasteiger partial charge in [0.1, 0.15) is 23.1 Å². The molecule has 154 valence electrons. The molecule has 0 amide bonds. The van der Waals surface area contributed by atoms with Crippen molar-refractivity contribution in [2.75, 3.05) is 24.6 Å². The van der Waals surface area contributed by atoms with E-state index in [4.69, 9.17) is 9.84 Å². The van der Waals surface area contributed by atoms with E-state index in [0.29, 0.717) is 55.3 Å². The van der Waals surface area contributed by atoms with Gasteiger partial charge < -0.3 is 14.7 Å². The SMILES string of the molecule is O=C(O)CC1CCN(c2c(F)cc(-c3cccc(OCC4CC4)c3)cc2F)CC1. The van der Waals surface area contributed by atoms with Gasteiger partial charge in [-0.25, -0.2) is 8.78 Å². The van der Waals surface area contributed by atoms with E-state index in [1.165, 1.54) is 25.0 Å². The Morgan fingerprint density at radius 2 is 1.69 bits per heavy atom. The van der Waals surface area contributed by atoms with Crippen LogP contribution in [-0.4, -0.2) is 30.8 Å². The molecule has 0 bridgehead atoms. The fraction of sp³-hybridized carbons (Fsp3) is 0.435. The third kappa shape index (κ3) is 4.86. The minimum Gasteiger partial charge on any atom is -0.493 e. The maximum absolute atomic E-state index is 14.8. The number of rotatable bonds is 7. The average molecular weight is 401 g/mol. The smallest absolute Gasteiger partial charge is 0.303 e. The molecule has 2 fully saturated rings. The predicted octanol–water partition coefficient (Wildman–Crippen LogP) is 5.11. The number of carboxylic acid groups (broad SMARTS) is 1. The number of nitrogens with zero attached hydrogens (tertiary/aromatic N) is 1. The van der Waals surface area contributed by atoms with Crippen LogP contribution in [0.4, 0.5) is 14.5 Å². The topological polar surface area (TPSA) is 49.8 Å². The molecule has 1 saturated carbocycles. The fourth-order valence-corrected chi connectivity index (χ4v) is 3.91. The van der Waals surface area contributed by atoms with Crippen molar-refractivity contribution in [3.05, 3.63) is 48.0 Å². The quantitative estimate of drug-likeness (QED) is 0.700. The second kappa shape index (κ2) is 8.39.